The van der Waals surface area contributed by atoms with Gasteiger partial charge >= 0.3 is 12.1 Å². The third-order valence-corrected chi connectivity index (χ3v) is 7.43. The molecule has 2 fully saturated rings. The third-order valence-electron chi connectivity index (χ3n) is 5.51. The molecule has 2 heterocycles. The SMILES string of the molecule is COC(=O)C#C[C@H]1CCN(S(=O)(=O)CCCCCN2CCN(C(=O)OC(C)(C)C)CC2)C1. The fourth-order valence-corrected chi connectivity index (χ4v) is 5.33. The van der Waals surface area contributed by atoms with Gasteiger partial charge in [0.2, 0.25) is 10.0 Å². The van der Waals surface area contributed by atoms with Crippen molar-refractivity contribution in [2.75, 3.05) is 58.7 Å². The monoisotopic (exact) mass is 471 g/mol. The molecule has 0 bridgehead atoms. The van der Waals surface area contributed by atoms with Gasteiger partial charge in [0.05, 0.1) is 12.9 Å². The molecule has 0 aromatic heterocycles. The number of amides is 1. The highest BCUT2D eigenvalue weighted by Crippen LogP contribution is 2.20. The van der Waals surface area contributed by atoms with Crippen LogP contribution in [0.4, 0.5) is 4.79 Å². The second-order valence-electron chi connectivity index (χ2n) is 9.29. The number of ether oxygens (including phenoxy) is 2. The molecule has 10 heteroatoms. The lowest BCUT2D eigenvalue weighted by Crippen LogP contribution is -2.50. The number of hydrogen-bond donors (Lipinski definition) is 0. The van der Waals surface area contributed by atoms with Crippen LogP contribution in [0.1, 0.15) is 46.5 Å². The van der Waals surface area contributed by atoms with Crippen molar-refractivity contribution in [1.29, 1.82) is 0 Å². The number of unbranched alkanes of at least 4 members (excludes halogenated alkanes) is 2. The highest BCUT2D eigenvalue weighted by atomic mass is 32.2. The number of hydrogen-bond acceptors (Lipinski definition) is 7. The molecule has 0 radical (unpaired) electrons. The maximum Gasteiger partial charge on any atom is 0.410 e. The first-order valence-electron chi connectivity index (χ1n) is 11.3. The van der Waals surface area contributed by atoms with E-state index in [0.29, 0.717) is 39.0 Å². The first-order valence-corrected chi connectivity index (χ1v) is 12.9. The normalized spacial score (nSPS) is 20.5. The van der Waals surface area contributed by atoms with Crippen LogP contribution in [0.15, 0.2) is 0 Å². The number of nitrogens with zero attached hydrogens (tertiary/aromatic N) is 3. The van der Waals surface area contributed by atoms with E-state index in [9.17, 15) is 18.0 Å². The first kappa shape index (κ1) is 26.4. The number of rotatable bonds is 7. The maximum atomic E-state index is 12.6. The standard InChI is InChI=1S/C22H37N3O6S/c1-22(2,3)31-21(27)24-15-13-23(14-16-24)11-6-5-7-17-32(28,29)25-12-10-19(18-25)8-9-20(26)30-4/h19H,5-7,10-18H2,1-4H3/t19-/m0/s1. The zero-order chi connectivity index (χ0) is 23.8. The number of carbonyl (C=O) groups is 2. The van der Waals surface area contributed by atoms with Crippen LogP contribution in [0.2, 0.25) is 0 Å². The summed E-state index contributed by atoms with van der Waals surface area (Å²) in [4.78, 5) is 27.3. The van der Waals surface area contributed by atoms with Crippen LogP contribution in [0.5, 0.6) is 0 Å². The van der Waals surface area contributed by atoms with Crippen LogP contribution in [0.3, 0.4) is 0 Å². The fraction of sp³-hybridized carbons (Fsp3) is 0.818. The summed E-state index contributed by atoms with van der Waals surface area (Å²) in [5.41, 5.74) is -0.485. The number of piperazine rings is 1. The lowest BCUT2D eigenvalue weighted by Gasteiger charge is -2.35. The molecule has 1 amide bonds. The van der Waals surface area contributed by atoms with Crippen LogP contribution in [-0.4, -0.2) is 98.9 Å². The predicted molar refractivity (Wildman–Crippen MR) is 121 cm³/mol. The van der Waals surface area contributed by atoms with Crippen LogP contribution in [0, 0.1) is 17.8 Å². The van der Waals surface area contributed by atoms with Crippen molar-refractivity contribution in [2.24, 2.45) is 5.92 Å². The summed E-state index contributed by atoms with van der Waals surface area (Å²) in [6.45, 7) is 10.2. The van der Waals surface area contributed by atoms with Crippen molar-refractivity contribution in [1.82, 2.24) is 14.1 Å². The Balaban J connectivity index is 1.61. The zero-order valence-electron chi connectivity index (χ0n) is 19.8. The highest BCUT2D eigenvalue weighted by molar-refractivity contribution is 7.89. The lowest BCUT2D eigenvalue weighted by molar-refractivity contribution is -0.133. The topological polar surface area (TPSA) is 96.5 Å². The molecule has 2 rings (SSSR count). The Morgan fingerprint density at radius 2 is 1.72 bits per heavy atom. The van der Waals surface area contributed by atoms with Crippen molar-refractivity contribution in [2.45, 2.75) is 52.1 Å². The summed E-state index contributed by atoms with van der Waals surface area (Å²) < 4.78 is 36.5. The van der Waals surface area contributed by atoms with Gasteiger partial charge in [-0.2, -0.15) is 0 Å². The Morgan fingerprint density at radius 3 is 2.34 bits per heavy atom. The van der Waals surface area contributed by atoms with E-state index in [1.54, 1.807) is 4.90 Å². The molecule has 0 N–H and O–H groups in total. The minimum Gasteiger partial charge on any atom is -0.459 e. The predicted octanol–water partition coefficient (Wildman–Crippen LogP) is 1.54. The molecule has 9 nitrogen and oxygen atoms in total. The molecule has 0 unspecified atom stereocenters. The van der Waals surface area contributed by atoms with E-state index < -0.39 is 21.6 Å². The van der Waals surface area contributed by atoms with Gasteiger partial charge in [0.1, 0.15) is 5.60 Å². The number of methoxy groups -OCH3 is 1. The summed E-state index contributed by atoms with van der Waals surface area (Å²) in [6, 6.07) is 0. The molecular weight excluding hydrogens is 434 g/mol. The van der Waals surface area contributed by atoms with E-state index in [0.717, 1.165) is 32.5 Å². The van der Waals surface area contributed by atoms with Crippen molar-refractivity contribution in [3.63, 3.8) is 0 Å². The van der Waals surface area contributed by atoms with Gasteiger partial charge in [0.15, 0.2) is 0 Å². The zero-order valence-corrected chi connectivity index (χ0v) is 20.6. The number of esters is 1. The fourth-order valence-electron chi connectivity index (χ4n) is 3.72. The van der Waals surface area contributed by atoms with Crippen LogP contribution < -0.4 is 0 Å². The minimum absolute atomic E-state index is 0.122. The van der Waals surface area contributed by atoms with Gasteiger partial charge in [-0.05, 0) is 46.6 Å². The second-order valence-corrected chi connectivity index (χ2v) is 11.4. The molecule has 0 aromatic carbocycles. The molecule has 2 aliphatic heterocycles. The average Bonchev–Trinajstić information content (AvgIpc) is 3.21. The summed E-state index contributed by atoms with van der Waals surface area (Å²) in [6.07, 6.45) is 2.76. The number of carbonyl (C=O) groups excluding carboxylic acids is 2. The molecule has 0 saturated carbocycles. The summed E-state index contributed by atoms with van der Waals surface area (Å²) in [7, 11) is -2.03. The van der Waals surface area contributed by atoms with Gasteiger partial charge in [-0.25, -0.2) is 22.3 Å². The lowest BCUT2D eigenvalue weighted by atomic mass is 10.1. The molecule has 32 heavy (non-hydrogen) atoms. The van der Waals surface area contributed by atoms with Gasteiger partial charge in [0.25, 0.3) is 0 Å². The Hall–Kier alpha value is -1.83. The summed E-state index contributed by atoms with van der Waals surface area (Å²) >= 11 is 0. The van der Waals surface area contributed by atoms with Gasteiger partial charge < -0.3 is 14.4 Å². The van der Waals surface area contributed by atoms with Crippen LogP contribution >= 0.6 is 0 Å². The quantitative estimate of drug-likeness (QED) is 0.240. The Kier molecular flexibility index (Phi) is 9.80. The van der Waals surface area contributed by atoms with E-state index >= 15 is 0 Å². The van der Waals surface area contributed by atoms with E-state index in [2.05, 4.69) is 21.5 Å². The van der Waals surface area contributed by atoms with Crippen LogP contribution in [0.25, 0.3) is 0 Å². The van der Waals surface area contributed by atoms with Gasteiger partial charge in [-0.15, -0.1) is 0 Å². The van der Waals surface area contributed by atoms with E-state index in [-0.39, 0.29) is 17.8 Å². The molecule has 0 spiro atoms. The van der Waals surface area contributed by atoms with Crippen molar-refractivity contribution in [3.8, 4) is 11.8 Å². The largest absolute Gasteiger partial charge is 0.459 e. The Labute approximate surface area is 192 Å². The van der Waals surface area contributed by atoms with E-state index in [1.807, 2.05) is 20.8 Å². The molecule has 2 aliphatic rings. The molecule has 0 aromatic rings. The molecule has 182 valence electrons. The van der Waals surface area contributed by atoms with E-state index in [4.69, 9.17) is 4.74 Å². The van der Waals surface area contributed by atoms with Gasteiger partial charge in [-0.1, -0.05) is 12.3 Å². The first-order chi connectivity index (χ1) is 15.0. The van der Waals surface area contributed by atoms with Crippen molar-refractivity contribution in [3.05, 3.63) is 0 Å². The minimum atomic E-state index is -3.30. The number of sulfonamides is 1. The average molecular weight is 472 g/mol. The summed E-state index contributed by atoms with van der Waals surface area (Å²) in [5.74, 6) is 4.60. The van der Waals surface area contributed by atoms with Crippen molar-refractivity contribution >= 4 is 22.1 Å². The third kappa shape index (κ3) is 8.96. The molecule has 2 saturated heterocycles. The maximum absolute atomic E-state index is 12.6. The molecular formula is C22H37N3O6S. The smallest absolute Gasteiger partial charge is 0.410 e. The molecule has 1 atom stereocenters. The van der Waals surface area contributed by atoms with Crippen molar-refractivity contribution < 1.29 is 27.5 Å². The van der Waals surface area contributed by atoms with E-state index in [1.165, 1.54) is 11.4 Å². The van der Waals surface area contributed by atoms with Gasteiger partial charge in [-0.3, -0.25) is 4.90 Å². The van der Waals surface area contributed by atoms with Crippen LogP contribution in [-0.2, 0) is 24.3 Å². The Morgan fingerprint density at radius 1 is 1.03 bits per heavy atom. The van der Waals surface area contributed by atoms with Gasteiger partial charge in [0, 0.05) is 51.1 Å². The second kappa shape index (κ2) is 11.9. The summed E-state index contributed by atoms with van der Waals surface area (Å²) in [5, 5.41) is 0. The Bertz CT molecular complexity index is 804. The highest BCUT2D eigenvalue weighted by Gasteiger charge is 2.30. The molecule has 0 aliphatic carbocycles.